The molecule has 1 aliphatic carbocycles. The van der Waals surface area contributed by atoms with Crippen molar-refractivity contribution in [3.8, 4) is 0 Å². The van der Waals surface area contributed by atoms with Gasteiger partial charge < -0.3 is 0 Å². The number of alkyl halides is 1. The number of hydrogen-bond donors (Lipinski definition) is 0. The Morgan fingerprint density at radius 2 is 2.16 bits per heavy atom. The predicted molar refractivity (Wildman–Crippen MR) is 77.5 cm³/mol. The van der Waals surface area contributed by atoms with E-state index >= 15 is 0 Å². The Hall–Kier alpha value is -1.41. The average Bonchev–Trinajstić information content (AvgIpc) is 2.46. The van der Waals surface area contributed by atoms with Crippen LogP contribution in [0.5, 0.6) is 0 Å². The molecule has 0 saturated heterocycles. The van der Waals surface area contributed by atoms with Gasteiger partial charge in [0.2, 0.25) is 0 Å². The number of aryl methyl sites for hydroxylation is 2. The summed E-state index contributed by atoms with van der Waals surface area (Å²) in [6.07, 6.45) is 5.39. The summed E-state index contributed by atoms with van der Waals surface area (Å²) in [5, 5.41) is 0. The molecule has 1 atom stereocenters. The second-order valence-corrected chi connectivity index (χ2v) is 5.38. The Balaban J connectivity index is 2.02. The first-order valence-corrected chi connectivity index (χ1v) is 7.29. The largest absolute Gasteiger partial charge is 0.240 e. The lowest BCUT2D eigenvalue weighted by Gasteiger charge is -2.24. The lowest BCUT2D eigenvalue weighted by molar-refractivity contribution is 0.588. The van der Waals surface area contributed by atoms with Crippen LogP contribution in [0.15, 0.2) is 30.5 Å². The van der Waals surface area contributed by atoms with Crippen molar-refractivity contribution in [1.29, 1.82) is 0 Å². The number of benzene rings is 1. The predicted octanol–water partition coefficient (Wildman–Crippen LogP) is 3.99. The summed E-state index contributed by atoms with van der Waals surface area (Å²) in [5.74, 6) is 1.76. The van der Waals surface area contributed by atoms with Gasteiger partial charge in [0.25, 0.3) is 0 Å². The highest BCUT2D eigenvalue weighted by atomic mass is 35.5. The molecule has 0 N–H and O–H groups in total. The maximum atomic E-state index is 5.87. The molecule has 2 nitrogen and oxygen atoms in total. The summed E-state index contributed by atoms with van der Waals surface area (Å²) >= 11 is 5.87. The third kappa shape index (κ3) is 2.37. The minimum absolute atomic E-state index is 0.341. The topological polar surface area (TPSA) is 25.8 Å². The van der Waals surface area contributed by atoms with Crippen molar-refractivity contribution < 1.29 is 0 Å². The molecule has 0 bridgehead atoms. The quantitative estimate of drug-likeness (QED) is 0.773. The normalized spacial score (nSPS) is 18.1. The van der Waals surface area contributed by atoms with Crippen LogP contribution in [-0.2, 0) is 12.3 Å². The SMILES string of the molecule is Cc1nc(C2CCCc3ccccc32)ncc1CCl. The number of fused-ring (bicyclic) bond motifs is 1. The van der Waals surface area contributed by atoms with E-state index in [0.717, 1.165) is 23.5 Å². The Morgan fingerprint density at radius 3 is 2.95 bits per heavy atom. The van der Waals surface area contributed by atoms with Crippen LogP contribution in [0.3, 0.4) is 0 Å². The molecule has 3 heteroatoms. The minimum Gasteiger partial charge on any atom is -0.240 e. The molecule has 1 aliphatic rings. The summed E-state index contributed by atoms with van der Waals surface area (Å²) < 4.78 is 0. The highest BCUT2D eigenvalue weighted by molar-refractivity contribution is 6.17. The van der Waals surface area contributed by atoms with Crippen molar-refractivity contribution in [3.05, 3.63) is 58.7 Å². The van der Waals surface area contributed by atoms with E-state index in [1.807, 2.05) is 13.1 Å². The molecule has 98 valence electrons. The summed E-state index contributed by atoms with van der Waals surface area (Å²) in [7, 11) is 0. The molecule has 0 aliphatic heterocycles. The van der Waals surface area contributed by atoms with Gasteiger partial charge in [-0.2, -0.15) is 0 Å². The second kappa shape index (κ2) is 5.30. The minimum atomic E-state index is 0.341. The monoisotopic (exact) mass is 272 g/mol. The van der Waals surface area contributed by atoms with Crippen LogP contribution >= 0.6 is 11.6 Å². The first-order valence-electron chi connectivity index (χ1n) is 6.76. The van der Waals surface area contributed by atoms with E-state index in [4.69, 9.17) is 11.6 Å². The molecule has 1 aromatic heterocycles. The number of nitrogens with zero attached hydrogens (tertiary/aromatic N) is 2. The van der Waals surface area contributed by atoms with Gasteiger partial charge in [-0.1, -0.05) is 24.3 Å². The fraction of sp³-hybridized carbons (Fsp3) is 0.375. The summed E-state index contributed by atoms with van der Waals surface area (Å²) in [6.45, 7) is 2.01. The van der Waals surface area contributed by atoms with Crippen molar-refractivity contribution in [2.45, 2.75) is 38.0 Å². The molecule has 0 fully saturated rings. The van der Waals surface area contributed by atoms with Crippen molar-refractivity contribution in [3.63, 3.8) is 0 Å². The van der Waals surface area contributed by atoms with Crippen LogP contribution in [0.2, 0.25) is 0 Å². The van der Waals surface area contributed by atoms with Crippen LogP contribution in [0.4, 0.5) is 0 Å². The lowest BCUT2D eigenvalue weighted by atomic mass is 9.82. The van der Waals surface area contributed by atoms with Crippen molar-refractivity contribution in [1.82, 2.24) is 9.97 Å². The smallest absolute Gasteiger partial charge is 0.135 e. The molecular formula is C16H17ClN2. The number of halogens is 1. The fourth-order valence-electron chi connectivity index (χ4n) is 2.83. The third-order valence-electron chi connectivity index (χ3n) is 3.92. The molecule has 0 radical (unpaired) electrons. The van der Waals surface area contributed by atoms with Crippen LogP contribution in [0.1, 0.15) is 47.0 Å². The van der Waals surface area contributed by atoms with E-state index in [1.165, 1.54) is 24.0 Å². The summed E-state index contributed by atoms with van der Waals surface area (Å²) in [4.78, 5) is 9.21. The lowest BCUT2D eigenvalue weighted by Crippen LogP contribution is -2.14. The van der Waals surface area contributed by atoms with Crippen LogP contribution in [0, 0.1) is 6.92 Å². The Kier molecular flexibility index (Phi) is 3.52. The third-order valence-corrected chi connectivity index (χ3v) is 4.21. The van der Waals surface area contributed by atoms with E-state index < -0.39 is 0 Å². The zero-order valence-corrected chi connectivity index (χ0v) is 11.8. The number of aromatic nitrogens is 2. The Bertz CT molecular complexity index is 595. The van der Waals surface area contributed by atoms with Crippen LogP contribution in [0.25, 0.3) is 0 Å². The molecule has 0 saturated carbocycles. The van der Waals surface area contributed by atoms with Crippen LogP contribution in [-0.4, -0.2) is 9.97 Å². The zero-order chi connectivity index (χ0) is 13.2. The summed E-state index contributed by atoms with van der Waals surface area (Å²) in [5.41, 5.74) is 4.87. The zero-order valence-electron chi connectivity index (χ0n) is 11.1. The van der Waals surface area contributed by atoms with Gasteiger partial charge in [0, 0.05) is 23.4 Å². The van der Waals surface area contributed by atoms with E-state index in [0.29, 0.717) is 11.8 Å². The van der Waals surface area contributed by atoms with E-state index in [2.05, 4.69) is 34.2 Å². The highest BCUT2D eigenvalue weighted by Crippen LogP contribution is 2.35. The van der Waals surface area contributed by atoms with Crippen LogP contribution < -0.4 is 0 Å². The average molecular weight is 273 g/mol. The van der Waals surface area contributed by atoms with Gasteiger partial charge in [0.05, 0.1) is 5.88 Å². The molecule has 0 amide bonds. The van der Waals surface area contributed by atoms with Gasteiger partial charge in [0.1, 0.15) is 5.82 Å². The maximum Gasteiger partial charge on any atom is 0.135 e. The Labute approximate surface area is 118 Å². The summed E-state index contributed by atoms with van der Waals surface area (Å²) in [6, 6.07) is 8.66. The van der Waals surface area contributed by atoms with E-state index in [9.17, 15) is 0 Å². The molecule has 1 aromatic carbocycles. The molecule has 1 unspecified atom stereocenters. The molecule has 2 aromatic rings. The first kappa shape index (κ1) is 12.6. The molecular weight excluding hydrogens is 256 g/mol. The number of rotatable bonds is 2. The molecule has 3 rings (SSSR count). The molecule has 19 heavy (non-hydrogen) atoms. The van der Waals surface area contributed by atoms with Crippen molar-refractivity contribution in [2.24, 2.45) is 0 Å². The van der Waals surface area contributed by atoms with Gasteiger partial charge in [-0.15, -0.1) is 11.6 Å². The van der Waals surface area contributed by atoms with E-state index in [1.54, 1.807) is 0 Å². The van der Waals surface area contributed by atoms with Gasteiger partial charge in [-0.3, -0.25) is 0 Å². The standard InChI is InChI=1S/C16H17ClN2/c1-11-13(9-17)10-18-16(19-11)15-8-4-6-12-5-2-3-7-14(12)15/h2-3,5,7,10,15H,4,6,8-9H2,1H3. The van der Waals surface area contributed by atoms with Gasteiger partial charge >= 0.3 is 0 Å². The second-order valence-electron chi connectivity index (χ2n) is 5.12. The van der Waals surface area contributed by atoms with Crippen molar-refractivity contribution >= 4 is 11.6 Å². The van der Waals surface area contributed by atoms with Gasteiger partial charge in [0.15, 0.2) is 0 Å². The van der Waals surface area contributed by atoms with Gasteiger partial charge in [-0.05, 0) is 37.3 Å². The first-order chi connectivity index (χ1) is 9.29. The highest BCUT2D eigenvalue weighted by Gasteiger charge is 2.23. The maximum absolute atomic E-state index is 5.87. The molecule has 0 spiro atoms. The number of hydrogen-bond acceptors (Lipinski definition) is 2. The van der Waals surface area contributed by atoms with Crippen molar-refractivity contribution in [2.75, 3.05) is 0 Å². The Morgan fingerprint density at radius 1 is 1.32 bits per heavy atom. The molecule has 1 heterocycles. The van der Waals surface area contributed by atoms with Gasteiger partial charge in [-0.25, -0.2) is 9.97 Å². The fourth-order valence-corrected chi connectivity index (χ4v) is 3.09. The van der Waals surface area contributed by atoms with E-state index in [-0.39, 0.29) is 0 Å².